The topological polar surface area (TPSA) is 183 Å². The minimum atomic E-state index is -1.50. The predicted molar refractivity (Wildman–Crippen MR) is 195 cm³/mol. The molecule has 3 atom stereocenters. The lowest BCUT2D eigenvalue weighted by molar-refractivity contribution is -0.697. The van der Waals surface area contributed by atoms with Crippen LogP contribution in [0.1, 0.15) is 45.2 Å². The standard InChI is InChI=1S/C39H44N6O10/c1-23-19-31-32(20-24(23)2)45(21-33(53-26(4)47)36(55-28(6)49)34(54-27(5)48)22-52-25(3)46)37-35(40-31)38(50)44(39(51)41-37)14-8-13-43-17-11-30(12-18-43)29-9-15-42(7)16-10-29/h9-12,15-20,33-34,36H,8,13-14,21-22H2,1-7H3/q+2. The number of benzene rings is 1. The van der Waals surface area contributed by atoms with Crippen LogP contribution in [0.5, 0.6) is 0 Å². The van der Waals surface area contributed by atoms with Crippen LogP contribution in [-0.2, 0) is 64.8 Å². The van der Waals surface area contributed by atoms with E-state index in [1.807, 2.05) is 79.1 Å². The third kappa shape index (κ3) is 9.82. The van der Waals surface area contributed by atoms with E-state index in [-0.39, 0.29) is 24.6 Å². The van der Waals surface area contributed by atoms with Gasteiger partial charge in [0, 0.05) is 64.9 Å². The first-order valence-electron chi connectivity index (χ1n) is 17.6. The van der Waals surface area contributed by atoms with Gasteiger partial charge in [-0.15, -0.1) is 0 Å². The largest absolute Gasteiger partial charge is 0.462 e. The first kappa shape index (κ1) is 39.9. The number of ether oxygens (including phenoxy) is 4. The summed E-state index contributed by atoms with van der Waals surface area (Å²) in [6.07, 6.45) is 3.92. The Morgan fingerprint density at radius 2 is 1.33 bits per heavy atom. The molecule has 2 aliphatic rings. The Hall–Kier alpha value is -6.32. The minimum Gasteiger partial charge on any atom is -0.462 e. The molecule has 1 aromatic carbocycles. The summed E-state index contributed by atoms with van der Waals surface area (Å²) < 4.78 is 28.2. The molecule has 288 valence electrons. The average Bonchev–Trinajstić information content (AvgIpc) is 3.11. The summed E-state index contributed by atoms with van der Waals surface area (Å²) in [5.74, 6) is -3.20. The quantitative estimate of drug-likeness (QED) is 0.0696. The fraction of sp³-hybridized carbons (Fsp3) is 0.385. The molecule has 3 aromatic rings. The van der Waals surface area contributed by atoms with Crippen molar-refractivity contribution in [3.63, 3.8) is 0 Å². The SMILES string of the molecule is CC(=O)OCC(OC(C)=O)C(OC(C)=O)C(Cn1c2nc(=O)n(CCC[n+]3ccc(-c4cc[n+](C)cc4)cc3)c(=O)c-2nc2cc(C)c(C)cc21)OC(C)=O. The van der Waals surface area contributed by atoms with E-state index in [4.69, 9.17) is 18.9 Å². The van der Waals surface area contributed by atoms with Gasteiger partial charge in [0.1, 0.15) is 20.2 Å². The van der Waals surface area contributed by atoms with Crippen LogP contribution < -0.4 is 20.4 Å². The van der Waals surface area contributed by atoms with E-state index in [1.165, 1.54) is 4.57 Å². The van der Waals surface area contributed by atoms with Crippen molar-refractivity contribution in [3.05, 3.63) is 93.2 Å². The molecule has 0 aliphatic carbocycles. The Kier molecular flexibility index (Phi) is 12.5. The third-order valence-electron chi connectivity index (χ3n) is 8.95. The summed E-state index contributed by atoms with van der Waals surface area (Å²) in [6, 6.07) is 11.6. The average molecular weight is 757 g/mol. The van der Waals surface area contributed by atoms with Crippen molar-refractivity contribution in [2.45, 2.75) is 85.9 Å². The summed E-state index contributed by atoms with van der Waals surface area (Å²) in [5, 5.41) is 0. The van der Waals surface area contributed by atoms with Gasteiger partial charge in [0.25, 0.3) is 5.56 Å². The van der Waals surface area contributed by atoms with Crippen molar-refractivity contribution in [2.24, 2.45) is 7.05 Å². The first-order chi connectivity index (χ1) is 26.1. The summed E-state index contributed by atoms with van der Waals surface area (Å²) >= 11 is 0. The van der Waals surface area contributed by atoms with E-state index in [2.05, 4.69) is 9.97 Å². The minimum absolute atomic E-state index is 0.0575. The highest BCUT2D eigenvalue weighted by atomic mass is 16.6. The molecule has 0 bridgehead atoms. The zero-order valence-corrected chi connectivity index (χ0v) is 31.8. The Morgan fingerprint density at radius 1 is 0.745 bits per heavy atom. The Balaban J connectivity index is 1.54. The van der Waals surface area contributed by atoms with Crippen LogP contribution in [0.4, 0.5) is 0 Å². The molecular weight excluding hydrogens is 712 g/mol. The first-order valence-corrected chi connectivity index (χ1v) is 17.6. The fourth-order valence-corrected chi connectivity index (χ4v) is 6.20. The number of esters is 4. The molecule has 4 heterocycles. The van der Waals surface area contributed by atoms with Gasteiger partial charge in [-0.1, -0.05) is 0 Å². The van der Waals surface area contributed by atoms with Crippen LogP contribution >= 0.6 is 0 Å². The molecule has 0 N–H and O–H groups in total. The molecule has 0 fully saturated rings. The third-order valence-corrected chi connectivity index (χ3v) is 8.95. The van der Waals surface area contributed by atoms with Gasteiger partial charge in [0.05, 0.1) is 17.6 Å². The number of carbonyl (C=O) groups excluding carboxylic acids is 4. The maximum atomic E-state index is 14.1. The number of carbonyl (C=O) groups is 4. The van der Waals surface area contributed by atoms with Gasteiger partial charge in [-0.25, -0.2) is 18.9 Å². The monoisotopic (exact) mass is 756 g/mol. The highest BCUT2D eigenvalue weighted by molar-refractivity contribution is 5.81. The van der Waals surface area contributed by atoms with Crippen molar-refractivity contribution >= 4 is 34.9 Å². The predicted octanol–water partition coefficient (Wildman–Crippen LogP) is 1.90. The summed E-state index contributed by atoms with van der Waals surface area (Å²) in [4.78, 5) is 85.4. The van der Waals surface area contributed by atoms with Gasteiger partial charge in [-0.05, 0) is 48.2 Å². The van der Waals surface area contributed by atoms with Crippen molar-refractivity contribution in [3.8, 4) is 22.6 Å². The zero-order chi connectivity index (χ0) is 40.0. The maximum Gasteiger partial charge on any atom is 0.352 e. The molecule has 0 spiro atoms. The fourth-order valence-electron chi connectivity index (χ4n) is 6.20. The Labute approximate surface area is 316 Å². The number of aryl methyl sites for hydroxylation is 4. The molecule has 2 aliphatic heterocycles. The van der Waals surface area contributed by atoms with Crippen LogP contribution in [0.2, 0.25) is 0 Å². The molecule has 0 radical (unpaired) electrons. The molecule has 0 saturated heterocycles. The lowest BCUT2D eigenvalue weighted by Gasteiger charge is -2.32. The van der Waals surface area contributed by atoms with Crippen molar-refractivity contribution in [1.29, 1.82) is 0 Å². The molecular formula is C39H44N6O10+2. The zero-order valence-electron chi connectivity index (χ0n) is 31.8. The van der Waals surface area contributed by atoms with Crippen LogP contribution in [0.25, 0.3) is 33.7 Å². The van der Waals surface area contributed by atoms with Gasteiger partial charge in [0.15, 0.2) is 54.6 Å². The van der Waals surface area contributed by atoms with E-state index in [1.54, 1.807) is 12.1 Å². The van der Waals surface area contributed by atoms with E-state index in [0.29, 0.717) is 24.0 Å². The Bertz CT molecular complexity index is 2320. The molecule has 16 heteroatoms. The van der Waals surface area contributed by atoms with E-state index in [9.17, 15) is 28.8 Å². The van der Waals surface area contributed by atoms with E-state index >= 15 is 0 Å². The van der Waals surface area contributed by atoms with Gasteiger partial charge in [-0.2, -0.15) is 4.98 Å². The van der Waals surface area contributed by atoms with Crippen LogP contribution in [0.3, 0.4) is 0 Å². The summed E-state index contributed by atoms with van der Waals surface area (Å²) in [7, 11) is 1.95. The van der Waals surface area contributed by atoms with Crippen molar-refractivity contribution < 1.29 is 47.3 Å². The van der Waals surface area contributed by atoms with Crippen LogP contribution in [-0.4, -0.2) is 67.9 Å². The smallest absolute Gasteiger partial charge is 0.352 e. The van der Waals surface area contributed by atoms with Crippen LogP contribution in [0.15, 0.2) is 70.8 Å². The molecule has 3 unspecified atom stereocenters. The second-order valence-electron chi connectivity index (χ2n) is 13.3. The van der Waals surface area contributed by atoms with Crippen molar-refractivity contribution in [1.82, 2.24) is 19.1 Å². The number of fused-ring (bicyclic) bond motifs is 2. The number of aromatic nitrogens is 6. The summed E-state index contributed by atoms with van der Waals surface area (Å²) in [6.45, 7) is 7.92. The molecule has 0 amide bonds. The van der Waals surface area contributed by atoms with Crippen LogP contribution in [0, 0.1) is 13.8 Å². The van der Waals surface area contributed by atoms with E-state index in [0.717, 1.165) is 54.5 Å². The number of nitrogens with zero attached hydrogens (tertiary/aromatic N) is 6. The number of pyridine rings is 2. The van der Waals surface area contributed by atoms with E-state index < -0.39 is 60.0 Å². The lowest BCUT2D eigenvalue weighted by atomic mass is 10.1. The highest BCUT2D eigenvalue weighted by Gasteiger charge is 2.39. The maximum absolute atomic E-state index is 14.1. The number of hydrogen-bond acceptors (Lipinski definition) is 12. The molecule has 16 nitrogen and oxygen atoms in total. The number of rotatable bonds is 14. The number of hydrogen-bond donors (Lipinski definition) is 0. The van der Waals surface area contributed by atoms with Gasteiger partial charge in [0.2, 0.25) is 0 Å². The second-order valence-corrected chi connectivity index (χ2v) is 13.3. The molecule has 2 aromatic heterocycles. The second kappa shape index (κ2) is 17.2. The lowest BCUT2D eigenvalue weighted by Crippen LogP contribution is -2.49. The van der Waals surface area contributed by atoms with Gasteiger partial charge < -0.3 is 23.5 Å². The van der Waals surface area contributed by atoms with Crippen molar-refractivity contribution in [2.75, 3.05) is 6.61 Å². The summed E-state index contributed by atoms with van der Waals surface area (Å²) in [5.41, 5.74) is 3.03. The normalized spacial score (nSPS) is 12.9. The molecule has 5 rings (SSSR count). The van der Waals surface area contributed by atoms with Gasteiger partial charge >= 0.3 is 29.6 Å². The molecule has 55 heavy (non-hydrogen) atoms. The Morgan fingerprint density at radius 3 is 1.93 bits per heavy atom. The molecule has 0 saturated carbocycles. The highest BCUT2D eigenvalue weighted by Crippen LogP contribution is 2.27. The van der Waals surface area contributed by atoms with Gasteiger partial charge in [-0.3, -0.25) is 28.5 Å².